The normalized spacial score (nSPS) is 23.8. The molecular formula is C14H21FN2O2S. The second-order valence-electron chi connectivity index (χ2n) is 5.54. The Morgan fingerprint density at radius 3 is 2.30 bits per heavy atom. The van der Waals surface area contributed by atoms with Gasteiger partial charge in [0.25, 0.3) is 0 Å². The van der Waals surface area contributed by atoms with Crippen molar-refractivity contribution >= 4 is 10.0 Å². The zero-order valence-corrected chi connectivity index (χ0v) is 12.6. The number of aryl methyl sites for hydroxylation is 2. The first-order chi connectivity index (χ1) is 9.31. The van der Waals surface area contributed by atoms with Gasteiger partial charge in [0, 0.05) is 12.1 Å². The molecule has 6 heteroatoms. The van der Waals surface area contributed by atoms with Crippen molar-refractivity contribution in [2.45, 2.75) is 56.5 Å². The minimum Gasteiger partial charge on any atom is -0.326 e. The van der Waals surface area contributed by atoms with Crippen LogP contribution in [0.2, 0.25) is 0 Å². The van der Waals surface area contributed by atoms with Crippen molar-refractivity contribution in [1.82, 2.24) is 4.72 Å². The van der Waals surface area contributed by atoms with Crippen molar-refractivity contribution in [3.05, 3.63) is 29.1 Å². The minimum absolute atomic E-state index is 0.153. The van der Waals surface area contributed by atoms with Crippen LogP contribution in [0.5, 0.6) is 0 Å². The first-order valence-corrected chi connectivity index (χ1v) is 8.34. The standard InChI is InChI=1S/C14H21FN2O2S/c1-9-7-11(15)8-10(2)14(9)20(18,19)17-13-6-4-3-5-12(13)16/h7-8,12-13,17H,3-6,16H2,1-2H3. The van der Waals surface area contributed by atoms with Crippen LogP contribution in [0.3, 0.4) is 0 Å². The highest BCUT2D eigenvalue weighted by Crippen LogP contribution is 2.24. The average molecular weight is 300 g/mol. The first kappa shape index (κ1) is 15.4. The summed E-state index contributed by atoms with van der Waals surface area (Å²) in [4.78, 5) is 0.164. The lowest BCUT2D eigenvalue weighted by Gasteiger charge is -2.29. The molecule has 20 heavy (non-hydrogen) atoms. The summed E-state index contributed by atoms with van der Waals surface area (Å²) in [5.41, 5.74) is 6.81. The van der Waals surface area contributed by atoms with Crippen LogP contribution in [0.25, 0.3) is 0 Å². The maximum atomic E-state index is 13.3. The van der Waals surface area contributed by atoms with Gasteiger partial charge >= 0.3 is 0 Å². The molecule has 0 heterocycles. The van der Waals surface area contributed by atoms with E-state index in [0.717, 1.165) is 25.7 Å². The molecule has 0 aromatic heterocycles. The highest BCUT2D eigenvalue weighted by Gasteiger charge is 2.29. The molecule has 1 saturated carbocycles. The van der Waals surface area contributed by atoms with Crippen LogP contribution in [0.4, 0.5) is 4.39 Å². The molecule has 0 radical (unpaired) electrons. The van der Waals surface area contributed by atoms with E-state index in [1.807, 2.05) is 0 Å². The van der Waals surface area contributed by atoms with E-state index in [9.17, 15) is 12.8 Å². The maximum absolute atomic E-state index is 13.3. The van der Waals surface area contributed by atoms with Crippen LogP contribution in [-0.4, -0.2) is 20.5 Å². The van der Waals surface area contributed by atoms with Gasteiger partial charge in [0.2, 0.25) is 10.0 Å². The number of hydrogen-bond donors (Lipinski definition) is 2. The van der Waals surface area contributed by atoms with Crippen LogP contribution >= 0.6 is 0 Å². The third-order valence-electron chi connectivity index (χ3n) is 3.82. The summed E-state index contributed by atoms with van der Waals surface area (Å²) in [7, 11) is -3.67. The smallest absolute Gasteiger partial charge is 0.241 e. The molecule has 1 fully saturated rings. The van der Waals surface area contributed by atoms with Gasteiger partial charge in [-0.3, -0.25) is 0 Å². The zero-order valence-electron chi connectivity index (χ0n) is 11.8. The van der Waals surface area contributed by atoms with Gasteiger partial charge in [0.1, 0.15) is 5.82 Å². The van der Waals surface area contributed by atoms with Gasteiger partial charge in [-0.1, -0.05) is 12.8 Å². The molecule has 112 valence electrons. The van der Waals surface area contributed by atoms with Crippen LogP contribution in [0.1, 0.15) is 36.8 Å². The van der Waals surface area contributed by atoms with Crippen molar-refractivity contribution in [1.29, 1.82) is 0 Å². The number of nitrogens with two attached hydrogens (primary N) is 1. The third kappa shape index (κ3) is 3.19. The molecule has 2 atom stereocenters. The Balaban J connectivity index is 2.31. The Morgan fingerprint density at radius 2 is 1.75 bits per heavy atom. The summed E-state index contributed by atoms with van der Waals surface area (Å²) in [6, 6.07) is 2.09. The van der Waals surface area contributed by atoms with E-state index in [-0.39, 0.29) is 17.0 Å². The topological polar surface area (TPSA) is 72.2 Å². The summed E-state index contributed by atoms with van der Waals surface area (Å²) in [5.74, 6) is -0.423. The molecule has 1 aromatic rings. The predicted octanol–water partition coefficient (Wildman–Crippen LogP) is 1.99. The summed E-state index contributed by atoms with van der Waals surface area (Å²) in [6.45, 7) is 3.21. The summed E-state index contributed by atoms with van der Waals surface area (Å²) < 4.78 is 41.0. The highest BCUT2D eigenvalue weighted by molar-refractivity contribution is 7.89. The van der Waals surface area contributed by atoms with E-state index in [1.165, 1.54) is 12.1 Å². The quantitative estimate of drug-likeness (QED) is 0.896. The van der Waals surface area contributed by atoms with Crippen LogP contribution < -0.4 is 10.5 Å². The third-order valence-corrected chi connectivity index (χ3v) is 5.61. The van der Waals surface area contributed by atoms with Crippen molar-refractivity contribution < 1.29 is 12.8 Å². The number of sulfonamides is 1. The van der Waals surface area contributed by atoms with Gasteiger partial charge in [-0.15, -0.1) is 0 Å². The van der Waals surface area contributed by atoms with Crippen molar-refractivity contribution in [2.24, 2.45) is 5.73 Å². The van der Waals surface area contributed by atoms with E-state index >= 15 is 0 Å². The Kier molecular flexibility index (Phi) is 4.46. The molecule has 3 N–H and O–H groups in total. The number of nitrogens with one attached hydrogen (secondary N) is 1. The number of halogens is 1. The summed E-state index contributed by atoms with van der Waals surface area (Å²) in [5, 5.41) is 0. The minimum atomic E-state index is -3.67. The van der Waals surface area contributed by atoms with E-state index in [0.29, 0.717) is 11.1 Å². The van der Waals surface area contributed by atoms with Gasteiger partial charge in [-0.2, -0.15) is 0 Å². The molecule has 2 unspecified atom stereocenters. The van der Waals surface area contributed by atoms with Gasteiger partial charge in [0.05, 0.1) is 4.90 Å². The van der Waals surface area contributed by atoms with E-state index in [2.05, 4.69) is 4.72 Å². The Labute approximate surface area is 119 Å². The summed E-state index contributed by atoms with van der Waals surface area (Å²) >= 11 is 0. The lowest BCUT2D eigenvalue weighted by atomic mass is 9.92. The number of rotatable bonds is 3. The van der Waals surface area contributed by atoms with Crippen LogP contribution in [0.15, 0.2) is 17.0 Å². The van der Waals surface area contributed by atoms with E-state index < -0.39 is 15.8 Å². The van der Waals surface area contributed by atoms with Gasteiger partial charge in [-0.05, 0) is 49.9 Å². The van der Waals surface area contributed by atoms with Crippen LogP contribution in [0, 0.1) is 19.7 Å². The van der Waals surface area contributed by atoms with Crippen molar-refractivity contribution in [2.75, 3.05) is 0 Å². The molecule has 1 aromatic carbocycles. The highest BCUT2D eigenvalue weighted by atomic mass is 32.2. The molecule has 2 rings (SSSR count). The Bertz CT molecular complexity index is 578. The maximum Gasteiger partial charge on any atom is 0.241 e. The lowest BCUT2D eigenvalue weighted by Crippen LogP contribution is -2.49. The fraction of sp³-hybridized carbons (Fsp3) is 0.571. The average Bonchev–Trinajstić information content (AvgIpc) is 2.30. The van der Waals surface area contributed by atoms with E-state index in [4.69, 9.17) is 5.73 Å². The Hall–Kier alpha value is -0.980. The second-order valence-corrected chi connectivity index (χ2v) is 7.20. The molecule has 4 nitrogen and oxygen atoms in total. The summed E-state index contributed by atoms with van der Waals surface area (Å²) in [6.07, 6.45) is 3.59. The van der Waals surface area contributed by atoms with Crippen LogP contribution in [-0.2, 0) is 10.0 Å². The fourth-order valence-electron chi connectivity index (χ4n) is 2.89. The molecule has 0 aliphatic heterocycles. The molecular weight excluding hydrogens is 279 g/mol. The number of hydrogen-bond acceptors (Lipinski definition) is 3. The van der Waals surface area contributed by atoms with E-state index in [1.54, 1.807) is 13.8 Å². The Morgan fingerprint density at radius 1 is 1.20 bits per heavy atom. The van der Waals surface area contributed by atoms with Crippen molar-refractivity contribution in [3.63, 3.8) is 0 Å². The molecule has 0 bridgehead atoms. The molecule has 0 spiro atoms. The van der Waals surface area contributed by atoms with Crippen molar-refractivity contribution in [3.8, 4) is 0 Å². The predicted molar refractivity (Wildman–Crippen MR) is 76.4 cm³/mol. The molecule has 1 aliphatic rings. The molecule has 1 aliphatic carbocycles. The molecule has 0 saturated heterocycles. The zero-order chi connectivity index (χ0) is 14.9. The van der Waals surface area contributed by atoms with Gasteiger partial charge in [0.15, 0.2) is 0 Å². The number of benzene rings is 1. The molecule has 0 amide bonds. The fourth-order valence-corrected chi connectivity index (χ4v) is 4.66. The monoisotopic (exact) mass is 300 g/mol. The second kappa shape index (κ2) is 5.79. The SMILES string of the molecule is Cc1cc(F)cc(C)c1S(=O)(=O)NC1CCCCC1N. The lowest BCUT2D eigenvalue weighted by molar-refractivity contribution is 0.361. The van der Waals surface area contributed by atoms with Gasteiger partial charge < -0.3 is 5.73 Å². The van der Waals surface area contributed by atoms with Gasteiger partial charge in [-0.25, -0.2) is 17.5 Å². The first-order valence-electron chi connectivity index (χ1n) is 6.86. The largest absolute Gasteiger partial charge is 0.326 e.